The lowest BCUT2D eigenvalue weighted by atomic mass is 10.1. The maximum atomic E-state index is 11.0. The summed E-state index contributed by atoms with van der Waals surface area (Å²) in [5, 5.41) is 3.16. The number of primary amides is 1. The van der Waals surface area contributed by atoms with Gasteiger partial charge in [0.2, 0.25) is 11.9 Å². The number of nitrogens with zero attached hydrogens (tertiary/aromatic N) is 4. The highest BCUT2D eigenvalue weighted by Crippen LogP contribution is 2.26. The number of pyridine rings is 1. The standard InChI is InChI=1S/C16H20N6O/c1-11-3-2-6-18-15(11)21-16-19-7-4-13(20-16)12-5-8-22(9-12)10-14(17)23/h2-4,6-7,12H,5,8-10H2,1H3,(H2,17,23)(H,18,19,20,21)/t12-/m1/s1. The van der Waals surface area contributed by atoms with E-state index in [4.69, 9.17) is 5.73 Å². The van der Waals surface area contributed by atoms with Gasteiger partial charge in [-0.2, -0.15) is 0 Å². The molecule has 1 fully saturated rings. The van der Waals surface area contributed by atoms with Gasteiger partial charge in [-0.25, -0.2) is 15.0 Å². The Bertz CT molecular complexity index is 704. The maximum Gasteiger partial charge on any atom is 0.231 e. The van der Waals surface area contributed by atoms with Crippen molar-refractivity contribution in [2.24, 2.45) is 5.73 Å². The van der Waals surface area contributed by atoms with E-state index in [-0.39, 0.29) is 5.91 Å². The first-order valence-electron chi connectivity index (χ1n) is 7.64. The fourth-order valence-electron chi connectivity index (χ4n) is 2.82. The van der Waals surface area contributed by atoms with Crippen molar-refractivity contribution in [2.45, 2.75) is 19.3 Å². The summed E-state index contributed by atoms with van der Waals surface area (Å²) < 4.78 is 0. The monoisotopic (exact) mass is 312 g/mol. The van der Waals surface area contributed by atoms with E-state index in [9.17, 15) is 4.79 Å². The third-order valence-corrected chi connectivity index (χ3v) is 3.99. The second kappa shape index (κ2) is 6.70. The molecule has 0 bridgehead atoms. The van der Waals surface area contributed by atoms with Crippen LogP contribution in [0.25, 0.3) is 0 Å². The normalized spacial score (nSPS) is 18.0. The second-order valence-corrected chi connectivity index (χ2v) is 5.79. The van der Waals surface area contributed by atoms with Gasteiger partial charge >= 0.3 is 0 Å². The highest BCUT2D eigenvalue weighted by atomic mass is 16.1. The number of aromatic nitrogens is 3. The Balaban J connectivity index is 1.71. The van der Waals surface area contributed by atoms with Crippen LogP contribution in [0.15, 0.2) is 30.6 Å². The molecule has 0 saturated carbocycles. The molecule has 0 aliphatic carbocycles. The minimum Gasteiger partial charge on any atom is -0.369 e. The number of carbonyl (C=O) groups excluding carboxylic acids is 1. The van der Waals surface area contributed by atoms with Crippen LogP contribution in [-0.4, -0.2) is 45.4 Å². The number of nitrogens with one attached hydrogen (secondary N) is 1. The van der Waals surface area contributed by atoms with Gasteiger partial charge in [0.15, 0.2) is 0 Å². The summed E-state index contributed by atoms with van der Waals surface area (Å²) >= 11 is 0. The number of amides is 1. The average molecular weight is 312 g/mol. The highest BCUT2D eigenvalue weighted by Gasteiger charge is 2.25. The van der Waals surface area contributed by atoms with Crippen molar-refractivity contribution in [3.63, 3.8) is 0 Å². The summed E-state index contributed by atoms with van der Waals surface area (Å²) in [4.78, 5) is 26.2. The number of rotatable bonds is 5. The van der Waals surface area contributed by atoms with Crippen molar-refractivity contribution in [3.05, 3.63) is 41.9 Å². The maximum absolute atomic E-state index is 11.0. The van der Waals surface area contributed by atoms with Crippen LogP contribution in [0.4, 0.5) is 11.8 Å². The first kappa shape index (κ1) is 15.4. The molecule has 0 unspecified atom stereocenters. The zero-order chi connectivity index (χ0) is 16.2. The summed E-state index contributed by atoms with van der Waals surface area (Å²) in [5.74, 6) is 1.30. The van der Waals surface area contributed by atoms with Crippen LogP contribution in [0.5, 0.6) is 0 Å². The van der Waals surface area contributed by atoms with Gasteiger partial charge < -0.3 is 11.1 Å². The molecular formula is C16H20N6O. The van der Waals surface area contributed by atoms with Crippen molar-refractivity contribution in [1.29, 1.82) is 0 Å². The van der Waals surface area contributed by atoms with Gasteiger partial charge in [0, 0.05) is 24.9 Å². The third-order valence-electron chi connectivity index (χ3n) is 3.99. The summed E-state index contributed by atoms with van der Waals surface area (Å²) in [6.45, 7) is 3.94. The highest BCUT2D eigenvalue weighted by molar-refractivity contribution is 5.75. The Morgan fingerprint density at radius 2 is 2.26 bits per heavy atom. The second-order valence-electron chi connectivity index (χ2n) is 5.79. The molecule has 3 rings (SSSR count). The van der Waals surface area contributed by atoms with Crippen molar-refractivity contribution >= 4 is 17.7 Å². The van der Waals surface area contributed by atoms with Crippen LogP contribution < -0.4 is 11.1 Å². The lowest BCUT2D eigenvalue weighted by molar-refractivity contribution is -0.118. The molecule has 3 heterocycles. The molecule has 1 amide bonds. The quantitative estimate of drug-likeness (QED) is 0.861. The Morgan fingerprint density at radius 3 is 3.04 bits per heavy atom. The van der Waals surface area contributed by atoms with E-state index in [0.29, 0.717) is 18.4 Å². The van der Waals surface area contributed by atoms with E-state index >= 15 is 0 Å². The number of anilines is 2. The van der Waals surface area contributed by atoms with Gasteiger partial charge in [0.1, 0.15) is 5.82 Å². The summed E-state index contributed by atoms with van der Waals surface area (Å²) in [6.07, 6.45) is 4.45. The van der Waals surface area contributed by atoms with E-state index in [1.807, 2.05) is 25.1 Å². The lowest BCUT2D eigenvalue weighted by Gasteiger charge is -2.14. The van der Waals surface area contributed by atoms with Crippen LogP contribution in [0.3, 0.4) is 0 Å². The number of hydrogen-bond donors (Lipinski definition) is 2. The Labute approximate surface area is 135 Å². The van der Waals surface area contributed by atoms with Gasteiger partial charge in [0.25, 0.3) is 0 Å². The molecule has 1 aliphatic rings. The van der Waals surface area contributed by atoms with E-state index < -0.39 is 0 Å². The number of carbonyl (C=O) groups is 1. The smallest absolute Gasteiger partial charge is 0.231 e. The van der Waals surface area contributed by atoms with E-state index in [1.165, 1.54) is 0 Å². The number of hydrogen-bond acceptors (Lipinski definition) is 6. The van der Waals surface area contributed by atoms with Crippen LogP contribution in [0.2, 0.25) is 0 Å². The molecule has 1 aliphatic heterocycles. The van der Waals surface area contributed by atoms with Crippen molar-refractivity contribution in [3.8, 4) is 0 Å². The summed E-state index contributed by atoms with van der Waals surface area (Å²) in [5.41, 5.74) is 7.27. The fraction of sp³-hybridized carbons (Fsp3) is 0.375. The fourth-order valence-corrected chi connectivity index (χ4v) is 2.82. The number of nitrogens with two attached hydrogens (primary N) is 1. The van der Waals surface area contributed by atoms with Gasteiger partial charge in [0.05, 0.1) is 12.2 Å². The Hall–Kier alpha value is -2.54. The topological polar surface area (TPSA) is 97.0 Å². The molecule has 120 valence electrons. The Morgan fingerprint density at radius 1 is 1.39 bits per heavy atom. The molecule has 0 aromatic carbocycles. The molecule has 0 spiro atoms. The SMILES string of the molecule is Cc1cccnc1Nc1nccc([C@@H]2CCN(CC(N)=O)C2)n1. The molecule has 2 aromatic rings. The molecule has 7 nitrogen and oxygen atoms in total. The number of aryl methyl sites for hydroxylation is 1. The molecule has 1 saturated heterocycles. The molecular weight excluding hydrogens is 292 g/mol. The van der Waals surface area contributed by atoms with Crippen molar-refractivity contribution in [2.75, 3.05) is 25.0 Å². The van der Waals surface area contributed by atoms with Gasteiger partial charge in [-0.15, -0.1) is 0 Å². The van der Waals surface area contributed by atoms with Crippen LogP contribution >= 0.6 is 0 Å². The molecule has 7 heteroatoms. The summed E-state index contributed by atoms with van der Waals surface area (Å²) in [6, 6.07) is 5.80. The molecule has 1 atom stereocenters. The van der Waals surface area contributed by atoms with Gasteiger partial charge in [-0.05, 0) is 37.6 Å². The molecule has 23 heavy (non-hydrogen) atoms. The predicted octanol–water partition coefficient (Wildman–Crippen LogP) is 1.20. The minimum atomic E-state index is -0.290. The van der Waals surface area contributed by atoms with Crippen LogP contribution in [0.1, 0.15) is 23.6 Å². The van der Waals surface area contributed by atoms with Crippen molar-refractivity contribution in [1.82, 2.24) is 19.9 Å². The number of likely N-dealkylation sites (tertiary alicyclic amines) is 1. The van der Waals surface area contributed by atoms with E-state index in [2.05, 4.69) is 25.2 Å². The molecule has 2 aromatic heterocycles. The third kappa shape index (κ3) is 3.81. The lowest BCUT2D eigenvalue weighted by Crippen LogP contribution is -2.31. The first-order valence-corrected chi connectivity index (χ1v) is 7.64. The van der Waals surface area contributed by atoms with Gasteiger partial charge in [-0.1, -0.05) is 6.07 Å². The van der Waals surface area contributed by atoms with Crippen LogP contribution in [-0.2, 0) is 4.79 Å². The van der Waals surface area contributed by atoms with Crippen LogP contribution in [0, 0.1) is 6.92 Å². The van der Waals surface area contributed by atoms with Gasteiger partial charge in [-0.3, -0.25) is 9.69 Å². The zero-order valence-electron chi connectivity index (χ0n) is 13.1. The minimum absolute atomic E-state index is 0.290. The molecule has 3 N–H and O–H groups in total. The average Bonchev–Trinajstić information content (AvgIpc) is 2.98. The first-order chi connectivity index (χ1) is 11.1. The largest absolute Gasteiger partial charge is 0.369 e. The Kier molecular flexibility index (Phi) is 4.47. The van der Waals surface area contributed by atoms with Crippen molar-refractivity contribution < 1.29 is 4.79 Å². The molecule has 0 radical (unpaired) electrons. The predicted molar refractivity (Wildman–Crippen MR) is 87.3 cm³/mol. The van der Waals surface area contributed by atoms with E-state index in [0.717, 1.165) is 36.6 Å². The zero-order valence-corrected chi connectivity index (χ0v) is 13.1. The van der Waals surface area contributed by atoms with E-state index in [1.54, 1.807) is 12.4 Å². The summed E-state index contributed by atoms with van der Waals surface area (Å²) in [7, 11) is 0.